The summed E-state index contributed by atoms with van der Waals surface area (Å²) in [6.45, 7) is 0. The Labute approximate surface area is 128 Å². The zero-order valence-electron chi connectivity index (χ0n) is 10.3. The van der Waals surface area contributed by atoms with Gasteiger partial charge < -0.3 is 0 Å². The van der Waals surface area contributed by atoms with E-state index >= 15 is 0 Å². The highest BCUT2D eigenvalue weighted by molar-refractivity contribution is 6.31. The second-order valence-corrected chi connectivity index (χ2v) is 4.87. The lowest BCUT2D eigenvalue weighted by atomic mass is 10.0. The van der Waals surface area contributed by atoms with Gasteiger partial charge in [-0.3, -0.25) is 0 Å². The van der Waals surface area contributed by atoms with Crippen molar-refractivity contribution < 1.29 is 13.2 Å². The van der Waals surface area contributed by atoms with Crippen molar-refractivity contribution in [2.45, 2.75) is 0 Å². The molecule has 1 nitrogen and oxygen atoms in total. The van der Waals surface area contributed by atoms with Gasteiger partial charge in [-0.1, -0.05) is 35.3 Å². The molecule has 0 spiro atoms. The van der Waals surface area contributed by atoms with Gasteiger partial charge in [0.15, 0.2) is 0 Å². The molecule has 2 aromatic carbocycles. The molecular formula is C15H6Cl2F3N. The molecule has 0 aliphatic rings. The maximum Gasteiger partial charge on any atom is 0.149 e. The first-order chi connectivity index (χ1) is 9.93. The van der Waals surface area contributed by atoms with E-state index in [2.05, 4.69) is 0 Å². The fraction of sp³-hybridized carbons (Fsp3) is 0. The highest BCUT2D eigenvalue weighted by atomic mass is 35.5. The van der Waals surface area contributed by atoms with Gasteiger partial charge in [-0.2, -0.15) is 5.26 Å². The molecule has 0 fully saturated rings. The van der Waals surface area contributed by atoms with Crippen molar-refractivity contribution in [1.29, 1.82) is 5.26 Å². The second-order valence-electron chi connectivity index (χ2n) is 4.06. The molecule has 0 unspecified atom stereocenters. The van der Waals surface area contributed by atoms with Crippen LogP contribution < -0.4 is 0 Å². The Morgan fingerprint density at radius 3 is 2.43 bits per heavy atom. The zero-order valence-corrected chi connectivity index (χ0v) is 11.8. The summed E-state index contributed by atoms with van der Waals surface area (Å²) in [6, 6.07) is 7.42. The Balaban J connectivity index is 2.60. The summed E-state index contributed by atoms with van der Waals surface area (Å²) in [5, 5.41) is 8.55. The van der Waals surface area contributed by atoms with Gasteiger partial charge in [-0.05, 0) is 24.3 Å². The molecule has 0 radical (unpaired) electrons. The van der Waals surface area contributed by atoms with Crippen LogP contribution in [0, 0.1) is 28.8 Å². The molecule has 0 N–H and O–H groups in total. The van der Waals surface area contributed by atoms with E-state index in [4.69, 9.17) is 28.5 Å². The topological polar surface area (TPSA) is 23.8 Å². The lowest BCUT2D eigenvalue weighted by Gasteiger charge is -2.05. The van der Waals surface area contributed by atoms with Crippen molar-refractivity contribution in [2.75, 3.05) is 0 Å². The average Bonchev–Trinajstić information content (AvgIpc) is 2.45. The van der Waals surface area contributed by atoms with Gasteiger partial charge in [-0.25, -0.2) is 13.2 Å². The molecule has 0 atom stereocenters. The van der Waals surface area contributed by atoms with E-state index in [1.165, 1.54) is 18.2 Å². The first-order valence-corrected chi connectivity index (χ1v) is 6.40. The minimum absolute atomic E-state index is 0.00573. The maximum absolute atomic E-state index is 13.8. The Bertz CT molecular complexity index is 779. The molecule has 0 aliphatic carbocycles. The van der Waals surface area contributed by atoms with E-state index < -0.39 is 22.5 Å². The maximum atomic E-state index is 13.8. The minimum atomic E-state index is -0.878. The van der Waals surface area contributed by atoms with Crippen LogP contribution >= 0.6 is 23.2 Å². The van der Waals surface area contributed by atoms with Crippen molar-refractivity contribution in [3.8, 4) is 6.07 Å². The van der Waals surface area contributed by atoms with E-state index in [0.29, 0.717) is 0 Å². The molecule has 0 aromatic heterocycles. The Kier molecular flexibility index (Phi) is 4.56. The quantitative estimate of drug-likeness (QED) is 0.407. The summed E-state index contributed by atoms with van der Waals surface area (Å²) >= 11 is 11.1. The van der Waals surface area contributed by atoms with E-state index in [-0.39, 0.29) is 21.7 Å². The van der Waals surface area contributed by atoms with E-state index in [9.17, 15) is 13.2 Å². The largest absolute Gasteiger partial charge is 0.206 e. The number of nitrogens with zero attached hydrogens (tertiary/aromatic N) is 1. The van der Waals surface area contributed by atoms with Crippen LogP contribution in [0.1, 0.15) is 11.1 Å². The fourth-order valence-electron chi connectivity index (χ4n) is 1.69. The fourth-order valence-corrected chi connectivity index (χ4v) is 2.02. The summed E-state index contributed by atoms with van der Waals surface area (Å²) in [6.07, 6.45) is 1.09. The molecule has 0 aliphatic heterocycles. The average molecular weight is 328 g/mol. The standard InChI is InChI=1S/C15H6Cl2F3N/c16-11-3-1-2-8(15(11)20)4-9(7-21)10-5-14(19)12(17)6-13(10)18/h1-6H/b9-4+. The molecule has 0 bridgehead atoms. The second kappa shape index (κ2) is 6.21. The molecule has 0 saturated heterocycles. The Hall–Kier alpha value is -1.96. The molecule has 0 heterocycles. The third-order valence-electron chi connectivity index (χ3n) is 2.70. The predicted molar refractivity (Wildman–Crippen MR) is 76.3 cm³/mol. The van der Waals surface area contributed by atoms with Gasteiger partial charge >= 0.3 is 0 Å². The first kappa shape index (κ1) is 15.4. The number of halogens is 5. The number of benzene rings is 2. The summed E-state index contributed by atoms with van der Waals surface area (Å²) in [7, 11) is 0. The molecule has 0 saturated carbocycles. The molecule has 106 valence electrons. The van der Waals surface area contributed by atoms with Crippen molar-refractivity contribution >= 4 is 34.9 Å². The SMILES string of the molecule is N#C/C(=C\c1cccc(Cl)c1F)c1cc(F)c(Cl)cc1F. The monoisotopic (exact) mass is 327 g/mol. The van der Waals surface area contributed by atoms with Gasteiger partial charge in [0.05, 0.1) is 21.7 Å². The summed E-state index contributed by atoms with van der Waals surface area (Å²) in [5.41, 5.74) is -0.559. The van der Waals surface area contributed by atoms with E-state index in [0.717, 1.165) is 18.2 Å². The highest BCUT2D eigenvalue weighted by Gasteiger charge is 2.14. The Morgan fingerprint density at radius 2 is 1.76 bits per heavy atom. The molecule has 6 heteroatoms. The molecular weight excluding hydrogens is 322 g/mol. The summed E-state index contributed by atoms with van der Waals surface area (Å²) < 4.78 is 41.0. The van der Waals surface area contributed by atoms with Gasteiger partial charge in [0.2, 0.25) is 0 Å². The van der Waals surface area contributed by atoms with Gasteiger partial charge in [0.1, 0.15) is 17.5 Å². The van der Waals surface area contributed by atoms with Crippen LogP contribution in [0.5, 0.6) is 0 Å². The third-order valence-corrected chi connectivity index (χ3v) is 3.28. The van der Waals surface area contributed by atoms with Gasteiger partial charge in [0.25, 0.3) is 0 Å². The lowest BCUT2D eigenvalue weighted by Crippen LogP contribution is -1.92. The molecule has 0 amide bonds. The number of nitriles is 1. The predicted octanol–water partition coefficient (Wildman–Crippen LogP) is 5.47. The number of hydrogen-bond acceptors (Lipinski definition) is 1. The van der Waals surface area contributed by atoms with Crippen LogP contribution in [-0.2, 0) is 0 Å². The number of rotatable bonds is 2. The van der Waals surface area contributed by atoms with E-state index in [1.807, 2.05) is 0 Å². The molecule has 21 heavy (non-hydrogen) atoms. The lowest BCUT2D eigenvalue weighted by molar-refractivity contribution is 0.598. The van der Waals surface area contributed by atoms with Crippen molar-refractivity contribution in [1.82, 2.24) is 0 Å². The van der Waals surface area contributed by atoms with Crippen LogP contribution in [0.4, 0.5) is 13.2 Å². The van der Waals surface area contributed by atoms with Crippen molar-refractivity contribution in [3.05, 3.63) is 69.0 Å². The molecule has 2 aromatic rings. The number of hydrogen-bond donors (Lipinski definition) is 0. The zero-order chi connectivity index (χ0) is 15.6. The van der Waals surface area contributed by atoms with Crippen LogP contribution in [0.25, 0.3) is 11.6 Å². The molecule has 2 rings (SSSR count). The number of allylic oxidation sites excluding steroid dienone is 1. The van der Waals surface area contributed by atoms with Gasteiger partial charge in [-0.15, -0.1) is 0 Å². The van der Waals surface area contributed by atoms with Crippen LogP contribution in [-0.4, -0.2) is 0 Å². The Morgan fingerprint density at radius 1 is 1.05 bits per heavy atom. The van der Waals surface area contributed by atoms with Crippen molar-refractivity contribution in [3.63, 3.8) is 0 Å². The van der Waals surface area contributed by atoms with E-state index in [1.54, 1.807) is 6.07 Å². The van der Waals surface area contributed by atoms with Crippen LogP contribution in [0.3, 0.4) is 0 Å². The van der Waals surface area contributed by atoms with Gasteiger partial charge in [0, 0.05) is 11.1 Å². The van der Waals surface area contributed by atoms with Crippen LogP contribution in [0.15, 0.2) is 30.3 Å². The highest BCUT2D eigenvalue weighted by Crippen LogP contribution is 2.27. The third kappa shape index (κ3) is 3.21. The van der Waals surface area contributed by atoms with Crippen molar-refractivity contribution in [2.24, 2.45) is 0 Å². The van der Waals surface area contributed by atoms with Crippen LogP contribution in [0.2, 0.25) is 10.0 Å². The first-order valence-electron chi connectivity index (χ1n) is 5.64. The smallest absolute Gasteiger partial charge is 0.149 e. The normalized spacial score (nSPS) is 11.3. The summed E-state index contributed by atoms with van der Waals surface area (Å²) in [4.78, 5) is 0. The minimum Gasteiger partial charge on any atom is -0.206 e. The summed E-state index contributed by atoms with van der Waals surface area (Å²) in [5.74, 6) is -2.50.